The van der Waals surface area contributed by atoms with E-state index in [1.54, 1.807) is 0 Å². The molecule has 0 fully saturated rings. The molecule has 0 N–H and O–H groups in total. The lowest BCUT2D eigenvalue weighted by Crippen LogP contribution is -2.19. The molecule has 0 saturated carbocycles. The lowest BCUT2D eigenvalue weighted by atomic mass is 9.90. The van der Waals surface area contributed by atoms with Gasteiger partial charge in [0.1, 0.15) is 0 Å². The first-order chi connectivity index (χ1) is 12.6. The van der Waals surface area contributed by atoms with Gasteiger partial charge in [0.25, 0.3) is 0 Å². The fourth-order valence-electron chi connectivity index (χ4n) is 3.21. The van der Waals surface area contributed by atoms with Crippen LogP contribution in [0.4, 0.5) is 0 Å². The first-order valence-electron chi connectivity index (χ1n) is 9.38. The summed E-state index contributed by atoms with van der Waals surface area (Å²) in [6, 6.07) is 20.4. The van der Waals surface area contributed by atoms with Gasteiger partial charge in [0, 0.05) is 0 Å². The molecule has 0 aromatic heterocycles. The predicted octanol–water partition coefficient (Wildman–Crippen LogP) is 5.56. The maximum atomic E-state index is 12.1. The summed E-state index contributed by atoms with van der Waals surface area (Å²) in [4.78, 5) is 12.1. The standard InChI is InChI=1S/C23H30O3/c1-18(2)16-21(23(24)25-3)14-15-22(20-12-8-5-9-13-20)26-17-19-10-6-4-7-11-19/h4-13,18,21-22H,14-17H2,1-3H3/t21-,22-/m0/s1. The van der Waals surface area contributed by atoms with Gasteiger partial charge in [-0.15, -0.1) is 0 Å². The van der Waals surface area contributed by atoms with E-state index in [1.807, 2.05) is 36.4 Å². The van der Waals surface area contributed by atoms with E-state index in [4.69, 9.17) is 9.47 Å². The minimum Gasteiger partial charge on any atom is -0.469 e. The third-order valence-corrected chi connectivity index (χ3v) is 4.53. The molecule has 2 aromatic rings. The molecule has 3 heteroatoms. The van der Waals surface area contributed by atoms with E-state index in [2.05, 4.69) is 38.1 Å². The monoisotopic (exact) mass is 354 g/mol. The SMILES string of the molecule is COC(=O)[C@@H](CC[C@H](OCc1ccccc1)c1ccccc1)CC(C)C. The van der Waals surface area contributed by atoms with Crippen LogP contribution in [0.5, 0.6) is 0 Å². The Bertz CT molecular complexity index is 637. The zero-order valence-electron chi connectivity index (χ0n) is 16.1. The fourth-order valence-corrected chi connectivity index (χ4v) is 3.21. The smallest absolute Gasteiger partial charge is 0.308 e. The van der Waals surface area contributed by atoms with Crippen molar-refractivity contribution >= 4 is 5.97 Å². The Balaban J connectivity index is 2.04. The van der Waals surface area contributed by atoms with Crippen LogP contribution in [0.1, 0.15) is 50.3 Å². The largest absolute Gasteiger partial charge is 0.469 e. The third-order valence-electron chi connectivity index (χ3n) is 4.53. The van der Waals surface area contributed by atoms with Gasteiger partial charge in [0.15, 0.2) is 0 Å². The Morgan fingerprint density at radius 2 is 1.54 bits per heavy atom. The van der Waals surface area contributed by atoms with E-state index in [-0.39, 0.29) is 18.0 Å². The van der Waals surface area contributed by atoms with E-state index in [0.29, 0.717) is 12.5 Å². The highest BCUT2D eigenvalue weighted by molar-refractivity contribution is 5.72. The summed E-state index contributed by atoms with van der Waals surface area (Å²) in [7, 11) is 1.47. The molecule has 140 valence electrons. The van der Waals surface area contributed by atoms with Crippen LogP contribution in [0.15, 0.2) is 60.7 Å². The molecule has 0 saturated heterocycles. The number of carbonyl (C=O) groups is 1. The zero-order chi connectivity index (χ0) is 18.8. The summed E-state index contributed by atoms with van der Waals surface area (Å²) in [5.41, 5.74) is 2.30. The van der Waals surface area contributed by atoms with Gasteiger partial charge in [-0.3, -0.25) is 4.79 Å². The molecule has 0 heterocycles. The molecule has 0 aliphatic carbocycles. The quantitative estimate of drug-likeness (QED) is 0.524. The van der Waals surface area contributed by atoms with Crippen molar-refractivity contribution in [1.29, 1.82) is 0 Å². The van der Waals surface area contributed by atoms with E-state index in [9.17, 15) is 4.79 Å². The van der Waals surface area contributed by atoms with Crippen LogP contribution in [-0.4, -0.2) is 13.1 Å². The fraction of sp³-hybridized carbons (Fsp3) is 0.435. The molecule has 0 aliphatic rings. The van der Waals surface area contributed by atoms with Crippen LogP contribution in [0.3, 0.4) is 0 Å². The van der Waals surface area contributed by atoms with Gasteiger partial charge < -0.3 is 9.47 Å². The van der Waals surface area contributed by atoms with Gasteiger partial charge in [-0.05, 0) is 36.3 Å². The van der Waals surface area contributed by atoms with E-state index in [0.717, 1.165) is 30.4 Å². The third kappa shape index (κ3) is 6.64. The van der Waals surface area contributed by atoms with Crippen LogP contribution >= 0.6 is 0 Å². The molecule has 0 spiro atoms. The van der Waals surface area contributed by atoms with Crippen molar-refractivity contribution in [2.45, 2.75) is 45.8 Å². The van der Waals surface area contributed by atoms with E-state index >= 15 is 0 Å². The molecule has 2 atom stereocenters. The summed E-state index contributed by atoms with van der Waals surface area (Å²) >= 11 is 0. The van der Waals surface area contributed by atoms with Gasteiger partial charge in [-0.1, -0.05) is 74.5 Å². The van der Waals surface area contributed by atoms with Crippen LogP contribution in [0.25, 0.3) is 0 Å². The van der Waals surface area contributed by atoms with Crippen LogP contribution in [-0.2, 0) is 20.9 Å². The lowest BCUT2D eigenvalue weighted by molar-refractivity contribution is -0.146. The number of methoxy groups -OCH3 is 1. The Morgan fingerprint density at radius 3 is 2.12 bits per heavy atom. The maximum Gasteiger partial charge on any atom is 0.308 e. The van der Waals surface area contributed by atoms with Crippen molar-refractivity contribution in [3.05, 3.63) is 71.8 Å². The van der Waals surface area contributed by atoms with Crippen molar-refractivity contribution in [2.24, 2.45) is 11.8 Å². The molecular weight excluding hydrogens is 324 g/mol. The normalized spacial score (nSPS) is 13.4. The maximum absolute atomic E-state index is 12.1. The van der Waals surface area contributed by atoms with Crippen molar-refractivity contribution in [3.63, 3.8) is 0 Å². The zero-order valence-corrected chi connectivity index (χ0v) is 16.1. The summed E-state index contributed by atoms with van der Waals surface area (Å²) in [6.45, 7) is 4.83. The number of ether oxygens (including phenoxy) is 2. The lowest BCUT2D eigenvalue weighted by Gasteiger charge is -2.22. The van der Waals surface area contributed by atoms with Crippen molar-refractivity contribution in [1.82, 2.24) is 0 Å². The predicted molar refractivity (Wildman–Crippen MR) is 105 cm³/mol. The highest BCUT2D eigenvalue weighted by Gasteiger charge is 2.23. The number of benzene rings is 2. The summed E-state index contributed by atoms with van der Waals surface area (Å²) < 4.78 is 11.2. The average Bonchev–Trinajstić information content (AvgIpc) is 2.67. The van der Waals surface area contributed by atoms with Gasteiger partial charge >= 0.3 is 5.97 Å². The second kappa shape index (κ2) is 10.8. The van der Waals surface area contributed by atoms with Crippen molar-refractivity contribution < 1.29 is 14.3 Å². The van der Waals surface area contributed by atoms with Gasteiger partial charge in [-0.25, -0.2) is 0 Å². The molecule has 3 nitrogen and oxygen atoms in total. The van der Waals surface area contributed by atoms with Gasteiger partial charge in [-0.2, -0.15) is 0 Å². The molecule has 0 aliphatic heterocycles. The molecule has 26 heavy (non-hydrogen) atoms. The molecule has 0 unspecified atom stereocenters. The number of hydrogen-bond donors (Lipinski definition) is 0. The summed E-state index contributed by atoms with van der Waals surface area (Å²) in [5.74, 6) is 0.264. The first-order valence-corrected chi connectivity index (χ1v) is 9.38. The van der Waals surface area contributed by atoms with Crippen molar-refractivity contribution in [2.75, 3.05) is 7.11 Å². The minimum atomic E-state index is -0.117. The Morgan fingerprint density at radius 1 is 0.923 bits per heavy atom. The minimum absolute atomic E-state index is 0.0317. The average molecular weight is 354 g/mol. The topological polar surface area (TPSA) is 35.5 Å². The number of esters is 1. The Kier molecular flexibility index (Phi) is 8.36. The number of carbonyl (C=O) groups excluding carboxylic acids is 1. The van der Waals surface area contributed by atoms with Gasteiger partial charge in [0.2, 0.25) is 0 Å². The second-order valence-electron chi connectivity index (χ2n) is 7.12. The molecule has 0 bridgehead atoms. The van der Waals surface area contributed by atoms with Crippen LogP contribution in [0.2, 0.25) is 0 Å². The van der Waals surface area contributed by atoms with Crippen LogP contribution in [0, 0.1) is 11.8 Å². The van der Waals surface area contributed by atoms with E-state index < -0.39 is 0 Å². The van der Waals surface area contributed by atoms with Crippen LogP contribution < -0.4 is 0 Å². The second-order valence-corrected chi connectivity index (χ2v) is 7.12. The molecule has 2 aromatic carbocycles. The molecule has 2 rings (SSSR count). The van der Waals surface area contributed by atoms with Crippen molar-refractivity contribution in [3.8, 4) is 0 Å². The molecular formula is C23H30O3. The number of rotatable bonds is 10. The highest BCUT2D eigenvalue weighted by Crippen LogP contribution is 2.28. The Hall–Kier alpha value is -2.13. The summed E-state index contributed by atoms with van der Waals surface area (Å²) in [5, 5.41) is 0. The molecule has 0 radical (unpaired) electrons. The number of hydrogen-bond acceptors (Lipinski definition) is 3. The van der Waals surface area contributed by atoms with E-state index in [1.165, 1.54) is 7.11 Å². The Labute approximate surface area is 157 Å². The first kappa shape index (κ1) is 20.2. The molecule has 0 amide bonds. The van der Waals surface area contributed by atoms with Gasteiger partial charge in [0.05, 0.1) is 25.7 Å². The summed E-state index contributed by atoms with van der Waals surface area (Å²) in [6.07, 6.45) is 2.37. The highest BCUT2D eigenvalue weighted by atomic mass is 16.5.